The van der Waals surface area contributed by atoms with Gasteiger partial charge in [0.05, 0.1) is 15.7 Å². The number of carbonyl (C=O) groups excluding carboxylic acids is 2. The normalized spacial score (nSPS) is 15.6. The molecule has 1 aromatic heterocycles. The van der Waals surface area contributed by atoms with Crippen molar-refractivity contribution >= 4 is 46.6 Å². The van der Waals surface area contributed by atoms with Crippen molar-refractivity contribution < 1.29 is 14.3 Å². The van der Waals surface area contributed by atoms with Crippen molar-refractivity contribution in [2.75, 3.05) is 10.6 Å². The maximum absolute atomic E-state index is 11.9. The molecule has 7 nitrogen and oxygen atoms in total. The van der Waals surface area contributed by atoms with Crippen LogP contribution in [0.4, 0.5) is 16.3 Å². The van der Waals surface area contributed by atoms with Crippen LogP contribution in [0.15, 0.2) is 30.5 Å². The Morgan fingerprint density at radius 1 is 1.00 bits per heavy atom. The number of rotatable bonds is 6. The lowest BCUT2D eigenvalue weighted by atomic mass is 10.3. The molecule has 2 aliphatic rings. The number of carbonyl (C=O) groups is 2. The van der Waals surface area contributed by atoms with Crippen molar-refractivity contribution in [3.8, 4) is 11.5 Å². The third kappa shape index (κ3) is 4.85. The summed E-state index contributed by atoms with van der Waals surface area (Å²) in [6.45, 7) is 0. The Bertz CT molecular complexity index is 906. The van der Waals surface area contributed by atoms with Crippen LogP contribution in [0.2, 0.25) is 10.0 Å². The maximum atomic E-state index is 11.9. The van der Waals surface area contributed by atoms with E-state index in [9.17, 15) is 9.59 Å². The molecule has 0 aliphatic heterocycles. The van der Waals surface area contributed by atoms with Crippen molar-refractivity contribution in [1.82, 2.24) is 10.3 Å². The molecule has 146 valence electrons. The average molecular weight is 421 g/mol. The number of halogens is 2. The van der Waals surface area contributed by atoms with Gasteiger partial charge in [-0.2, -0.15) is 0 Å². The molecule has 1 aromatic carbocycles. The van der Waals surface area contributed by atoms with Gasteiger partial charge in [-0.3, -0.25) is 4.79 Å². The number of hydrogen-bond donors (Lipinski definition) is 3. The van der Waals surface area contributed by atoms with Gasteiger partial charge >= 0.3 is 6.03 Å². The Morgan fingerprint density at radius 2 is 1.71 bits per heavy atom. The summed E-state index contributed by atoms with van der Waals surface area (Å²) >= 11 is 12.5. The monoisotopic (exact) mass is 420 g/mol. The number of aromatic nitrogens is 1. The van der Waals surface area contributed by atoms with Crippen LogP contribution in [-0.2, 0) is 4.79 Å². The van der Waals surface area contributed by atoms with E-state index in [0.717, 1.165) is 25.7 Å². The first-order valence-corrected chi connectivity index (χ1v) is 9.75. The Labute approximate surface area is 171 Å². The van der Waals surface area contributed by atoms with E-state index in [4.69, 9.17) is 27.9 Å². The standard InChI is InChI=1S/C19H18Cl2N4O3/c20-14-7-13(8-15(21)17(14)25-19(27)23-11-3-4-11)28-12-5-6-22-16(9-12)24-18(26)10-1-2-10/h5-11H,1-4H2,(H,22,24,26)(H2,23,25,27). The van der Waals surface area contributed by atoms with Gasteiger partial charge in [0.1, 0.15) is 17.3 Å². The summed E-state index contributed by atoms with van der Waals surface area (Å²) in [4.78, 5) is 27.9. The summed E-state index contributed by atoms with van der Waals surface area (Å²) in [5.41, 5.74) is 0.320. The predicted molar refractivity (Wildman–Crippen MR) is 107 cm³/mol. The number of nitrogens with one attached hydrogen (secondary N) is 3. The molecule has 3 N–H and O–H groups in total. The third-order valence-electron chi connectivity index (χ3n) is 4.33. The predicted octanol–water partition coefficient (Wildman–Crippen LogP) is 4.81. The summed E-state index contributed by atoms with van der Waals surface area (Å²) in [6.07, 6.45) is 5.34. The number of anilines is 2. The molecule has 2 saturated carbocycles. The highest BCUT2D eigenvalue weighted by molar-refractivity contribution is 6.40. The van der Waals surface area contributed by atoms with E-state index in [1.807, 2.05) is 0 Å². The molecule has 2 aromatic rings. The number of amides is 3. The zero-order valence-electron chi connectivity index (χ0n) is 14.8. The molecule has 4 rings (SSSR count). The number of nitrogens with zero attached hydrogens (tertiary/aromatic N) is 1. The summed E-state index contributed by atoms with van der Waals surface area (Å²) in [6, 6.07) is 6.28. The number of ether oxygens (including phenoxy) is 1. The molecule has 0 bridgehead atoms. The second kappa shape index (κ2) is 7.85. The molecule has 0 saturated heterocycles. The average Bonchev–Trinajstić information content (AvgIpc) is 3.52. The molecule has 2 fully saturated rings. The minimum Gasteiger partial charge on any atom is -0.457 e. The summed E-state index contributed by atoms with van der Waals surface area (Å²) < 4.78 is 5.78. The van der Waals surface area contributed by atoms with Crippen LogP contribution in [0.25, 0.3) is 0 Å². The minimum absolute atomic E-state index is 0.0318. The quantitative estimate of drug-likeness (QED) is 0.624. The second-order valence-corrected chi connectivity index (χ2v) is 7.69. The van der Waals surface area contributed by atoms with Gasteiger partial charge in [0.2, 0.25) is 5.91 Å². The van der Waals surface area contributed by atoms with Crippen molar-refractivity contribution in [1.29, 1.82) is 0 Å². The lowest BCUT2D eigenvalue weighted by Crippen LogP contribution is -2.30. The molecule has 0 radical (unpaired) electrons. The molecule has 1 heterocycles. The van der Waals surface area contributed by atoms with Crippen LogP contribution >= 0.6 is 23.2 Å². The van der Waals surface area contributed by atoms with Gasteiger partial charge in [-0.15, -0.1) is 0 Å². The van der Waals surface area contributed by atoms with Crippen molar-refractivity contribution in [3.05, 3.63) is 40.5 Å². The molecule has 0 spiro atoms. The molecule has 0 atom stereocenters. The number of urea groups is 1. The number of pyridine rings is 1. The minimum atomic E-state index is -0.342. The van der Waals surface area contributed by atoms with Gasteiger partial charge in [0.15, 0.2) is 0 Å². The molecule has 28 heavy (non-hydrogen) atoms. The number of benzene rings is 1. The highest BCUT2D eigenvalue weighted by Crippen LogP contribution is 2.37. The van der Waals surface area contributed by atoms with E-state index < -0.39 is 0 Å². The van der Waals surface area contributed by atoms with Gasteiger partial charge in [-0.05, 0) is 31.7 Å². The Morgan fingerprint density at radius 3 is 2.36 bits per heavy atom. The molecule has 3 amide bonds. The smallest absolute Gasteiger partial charge is 0.319 e. The third-order valence-corrected chi connectivity index (χ3v) is 4.93. The summed E-state index contributed by atoms with van der Waals surface area (Å²) in [5, 5.41) is 8.74. The van der Waals surface area contributed by atoms with Crippen molar-refractivity contribution in [2.45, 2.75) is 31.7 Å². The largest absolute Gasteiger partial charge is 0.457 e. The lowest BCUT2D eigenvalue weighted by molar-refractivity contribution is -0.117. The fourth-order valence-electron chi connectivity index (χ4n) is 2.54. The molecule has 9 heteroatoms. The summed E-state index contributed by atoms with van der Waals surface area (Å²) in [5.74, 6) is 1.34. The SMILES string of the molecule is O=C(Nc1c(Cl)cc(Oc2ccnc(NC(=O)C3CC3)c2)cc1Cl)NC1CC1. The maximum Gasteiger partial charge on any atom is 0.319 e. The first-order chi connectivity index (χ1) is 13.5. The zero-order valence-corrected chi connectivity index (χ0v) is 16.3. The topological polar surface area (TPSA) is 92.3 Å². The van der Waals surface area contributed by atoms with Gasteiger partial charge < -0.3 is 20.7 Å². The van der Waals surface area contributed by atoms with E-state index in [1.165, 1.54) is 0 Å². The van der Waals surface area contributed by atoms with Gasteiger partial charge in [0.25, 0.3) is 0 Å². The van der Waals surface area contributed by atoms with Crippen LogP contribution in [0.5, 0.6) is 11.5 Å². The van der Waals surface area contributed by atoms with Crippen LogP contribution < -0.4 is 20.7 Å². The first kappa shape index (κ1) is 18.8. The van der Waals surface area contributed by atoms with Crippen molar-refractivity contribution in [2.24, 2.45) is 5.92 Å². The molecule has 0 unspecified atom stereocenters. The zero-order chi connectivity index (χ0) is 19.7. The second-order valence-electron chi connectivity index (χ2n) is 6.88. The number of hydrogen-bond acceptors (Lipinski definition) is 4. The highest BCUT2D eigenvalue weighted by Gasteiger charge is 2.29. The fraction of sp³-hybridized carbons (Fsp3) is 0.316. The molecular weight excluding hydrogens is 403 g/mol. The van der Waals surface area contributed by atoms with Crippen LogP contribution in [0.1, 0.15) is 25.7 Å². The van der Waals surface area contributed by atoms with Crippen LogP contribution in [-0.4, -0.2) is 23.0 Å². The van der Waals surface area contributed by atoms with Gasteiger partial charge in [0, 0.05) is 36.4 Å². The fourth-order valence-corrected chi connectivity index (χ4v) is 3.11. The first-order valence-electron chi connectivity index (χ1n) is 8.99. The van der Waals surface area contributed by atoms with Crippen molar-refractivity contribution in [3.63, 3.8) is 0 Å². The highest BCUT2D eigenvalue weighted by atomic mass is 35.5. The van der Waals surface area contributed by atoms with E-state index in [1.54, 1.807) is 30.5 Å². The van der Waals surface area contributed by atoms with Crippen LogP contribution in [0, 0.1) is 5.92 Å². The summed E-state index contributed by atoms with van der Waals surface area (Å²) in [7, 11) is 0. The van der Waals surface area contributed by atoms with Gasteiger partial charge in [-0.25, -0.2) is 9.78 Å². The van der Waals surface area contributed by atoms with E-state index >= 15 is 0 Å². The van der Waals surface area contributed by atoms with E-state index in [-0.39, 0.29) is 33.9 Å². The lowest BCUT2D eigenvalue weighted by Gasteiger charge is -2.13. The Kier molecular flexibility index (Phi) is 5.28. The molecular formula is C19H18Cl2N4O3. The van der Waals surface area contributed by atoms with E-state index in [2.05, 4.69) is 20.9 Å². The van der Waals surface area contributed by atoms with Gasteiger partial charge in [-0.1, -0.05) is 23.2 Å². The van der Waals surface area contributed by atoms with Crippen LogP contribution in [0.3, 0.4) is 0 Å². The Balaban J connectivity index is 1.44. The van der Waals surface area contributed by atoms with E-state index in [0.29, 0.717) is 23.0 Å². The Hall–Kier alpha value is -2.51. The molecule has 2 aliphatic carbocycles.